The van der Waals surface area contributed by atoms with Gasteiger partial charge in [0.25, 0.3) is 0 Å². The minimum atomic E-state index is -0.267. The maximum absolute atomic E-state index is 11.7. The number of hydrogen-bond acceptors (Lipinski definition) is 6. The lowest BCUT2D eigenvalue weighted by atomic mass is 10.1. The normalized spacial score (nSPS) is 13.7. The zero-order valence-electron chi connectivity index (χ0n) is 16.8. The maximum atomic E-state index is 11.7. The number of carbonyl (C=O) groups is 1. The number of aromatic nitrogens is 1. The fourth-order valence-corrected chi connectivity index (χ4v) is 4.50. The van der Waals surface area contributed by atoms with Crippen molar-refractivity contribution in [2.75, 3.05) is 18.1 Å². The molecule has 158 valence electrons. The summed E-state index contributed by atoms with van der Waals surface area (Å²) in [4.78, 5) is 18.0. The first-order valence-electron chi connectivity index (χ1n) is 9.71. The molecule has 0 radical (unpaired) electrons. The Labute approximate surface area is 192 Å². The van der Waals surface area contributed by atoms with Gasteiger partial charge in [-0.25, -0.2) is 4.98 Å². The number of aliphatic hydroxyl groups excluding tert-OH is 1. The van der Waals surface area contributed by atoms with Crippen LogP contribution in [0.4, 0.5) is 5.69 Å². The third-order valence-corrected chi connectivity index (χ3v) is 6.25. The molecular weight excluding hydrogens is 478 g/mol. The fraction of sp³-hybridized carbons (Fsp3) is 0.174. The number of nitrogens with one attached hydrogen (secondary N) is 1. The van der Waals surface area contributed by atoms with E-state index in [1.165, 1.54) is 11.3 Å². The smallest absolute Gasteiger partial charge is 0.310 e. The molecule has 0 atom stereocenters. The van der Waals surface area contributed by atoms with Gasteiger partial charge >= 0.3 is 5.97 Å². The van der Waals surface area contributed by atoms with E-state index in [1.54, 1.807) is 11.8 Å². The largest absolute Gasteiger partial charge is 0.510 e. The van der Waals surface area contributed by atoms with Crippen LogP contribution in [-0.4, -0.2) is 35.0 Å². The summed E-state index contributed by atoms with van der Waals surface area (Å²) in [6, 6.07) is 15.2. The molecule has 4 rings (SSSR count). The molecular formula is C23H20BrN3O3S. The topological polar surface area (TPSA) is 86.5 Å². The van der Waals surface area contributed by atoms with Crippen molar-refractivity contribution in [2.24, 2.45) is 0 Å². The summed E-state index contributed by atoms with van der Waals surface area (Å²) < 4.78 is 5.97. The van der Waals surface area contributed by atoms with Gasteiger partial charge in [-0.3, -0.25) is 10.2 Å². The van der Waals surface area contributed by atoms with Crippen molar-refractivity contribution in [1.29, 1.82) is 5.41 Å². The van der Waals surface area contributed by atoms with E-state index in [0.29, 0.717) is 17.2 Å². The first-order chi connectivity index (χ1) is 15.0. The molecule has 0 spiro atoms. The van der Waals surface area contributed by atoms with Crippen LogP contribution in [0.25, 0.3) is 16.8 Å². The van der Waals surface area contributed by atoms with Gasteiger partial charge < -0.3 is 14.7 Å². The van der Waals surface area contributed by atoms with Crippen LogP contribution in [0.5, 0.6) is 0 Å². The van der Waals surface area contributed by atoms with E-state index in [1.807, 2.05) is 53.9 Å². The first-order valence-corrected chi connectivity index (χ1v) is 11.4. The number of aliphatic hydroxyl groups is 1. The molecule has 2 N–H and O–H groups in total. The van der Waals surface area contributed by atoms with Gasteiger partial charge in [-0.15, -0.1) is 11.3 Å². The predicted octanol–water partition coefficient (Wildman–Crippen LogP) is 5.44. The highest BCUT2D eigenvalue weighted by Crippen LogP contribution is 2.34. The lowest BCUT2D eigenvalue weighted by molar-refractivity contribution is -0.142. The Morgan fingerprint density at radius 3 is 2.61 bits per heavy atom. The highest BCUT2D eigenvalue weighted by Gasteiger charge is 2.31. The average molecular weight is 498 g/mol. The second kappa shape index (κ2) is 9.03. The predicted molar refractivity (Wildman–Crippen MR) is 127 cm³/mol. The molecule has 0 unspecified atom stereocenters. The molecule has 6 nitrogen and oxygen atoms in total. The number of nitrogens with zero attached hydrogens (tertiary/aromatic N) is 2. The van der Waals surface area contributed by atoms with Crippen LogP contribution in [0.15, 0.2) is 64.1 Å². The molecule has 31 heavy (non-hydrogen) atoms. The summed E-state index contributed by atoms with van der Waals surface area (Å²) in [5, 5.41) is 21.8. The van der Waals surface area contributed by atoms with Crippen LogP contribution in [0.3, 0.4) is 0 Å². The summed E-state index contributed by atoms with van der Waals surface area (Å²) in [6.45, 7) is 2.34. The molecule has 0 bridgehead atoms. The van der Waals surface area contributed by atoms with E-state index in [0.717, 1.165) is 27.0 Å². The number of carbonyl (C=O) groups excluding carboxylic acids is 1. The summed E-state index contributed by atoms with van der Waals surface area (Å²) in [5.41, 5.74) is 3.84. The van der Waals surface area contributed by atoms with Gasteiger partial charge in [0.15, 0.2) is 0 Å². The van der Waals surface area contributed by atoms with E-state index >= 15 is 0 Å². The quantitative estimate of drug-likeness (QED) is 0.442. The standard InChI is InChI=1S/C23H20BrN3O3S/c1-2-30-20(29)11-14-3-9-17(10-4-14)27-12-19(28)21(22(27)25)23-26-18(13-31-23)15-5-7-16(24)8-6-15/h3-10,13,25,28H,2,11-12H2,1H3. The van der Waals surface area contributed by atoms with Crippen LogP contribution >= 0.6 is 27.3 Å². The van der Waals surface area contributed by atoms with Crippen LogP contribution in [0.2, 0.25) is 0 Å². The molecule has 0 aliphatic carbocycles. The molecule has 0 fully saturated rings. The molecule has 8 heteroatoms. The molecule has 1 aliphatic heterocycles. The lowest BCUT2D eigenvalue weighted by Gasteiger charge is -2.19. The number of rotatable bonds is 6. The number of thiazole rings is 1. The lowest BCUT2D eigenvalue weighted by Crippen LogP contribution is -2.26. The van der Waals surface area contributed by atoms with Crippen molar-refractivity contribution in [3.05, 3.63) is 74.7 Å². The minimum Gasteiger partial charge on any atom is -0.510 e. The third-order valence-electron chi connectivity index (χ3n) is 4.86. The Morgan fingerprint density at radius 2 is 1.94 bits per heavy atom. The van der Waals surface area contributed by atoms with E-state index in [2.05, 4.69) is 20.9 Å². The highest BCUT2D eigenvalue weighted by molar-refractivity contribution is 9.10. The molecule has 0 saturated carbocycles. The molecule has 2 heterocycles. The number of benzene rings is 2. The molecule has 0 amide bonds. The zero-order valence-corrected chi connectivity index (χ0v) is 19.2. The van der Waals surface area contributed by atoms with Gasteiger partial charge in [0, 0.05) is 21.1 Å². The number of anilines is 1. The number of ether oxygens (including phenoxy) is 1. The van der Waals surface area contributed by atoms with Crippen molar-refractivity contribution >= 4 is 50.3 Å². The van der Waals surface area contributed by atoms with Gasteiger partial charge in [-0.2, -0.15) is 0 Å². The SMILES string of the molecule is CCOC(=O)Cc1ccc(N2CC(O)=C(c3nc(-c4ccc(Br)cc4)cs3)C2=N)cc1. The minimum absolute atomic E-state index is 0.123. The van der Waals surface area contributed by atoms with Crippen molar-refractivity contribution in [2.45, 2.75) is 13.3 Å². The van der Waals surface area contributed by atoms with Crippen molar-refractivity contribution in [1.82, 2.24) is 4.98 Å². The number of hydrogen-bond donors (Lipinski definition) is 2. The van der Waals surface area contributed by atoms with E-state index in [4.69, 9.17) is 10.1 Å². The average Bonchev–Trinajstić information content (AvgIpc) is 3.33. The Balaban J connectivity index is 1.51. The fourth-order valence-electron chi connectivity index (χ4n) is 3.34. The zero-order chi connectivity index (χ0) is 22.0. The Kier molecular flexibility index (Phi) is 6.20. The Bertz CT molecular complexity index is 1150. The second-order valence-electron chi connectivity index (χ2n) is 6.95. The molecule has 1 aromatic heterocycles. The van der Waals surface area contributed by atoms with Crippen molar-refractivity contribution < 1.29 is 14.6 Å². The Morgan fingerprint density at radius 1 is 1.23 bits per heavy atom. The molecule has 0 saturated heterocycles. The van der Waals surface area contributed by atoms with Gasteiger partial charge in [0.1, 0.15) is 16.6 Å². The highest BCUT2D eigenvalue weighted by atomic mass is 79.9. The van der Waals surface area contributed by atoms with E-state index < -0.39 is 0 Å². The molecule has 3 aromatic rings. The van der Waals surface area contributed by atoms with Crippen LogP contribution in [0, 0.1) is 5.41 Å². The van der Waals surface area contributed by atoms with Crippen molar-refractivity contribution in [3.8, 4) is 11.3 Å². The number of esters is 1. The second-order valence-corrected chi connectivity index (χ2v) is 8.72. The van der Waals surface area contributed by atoms with E-state index in [9.17, 15) is 9.90 Å². The number of halogens is 1. The van der Waals surface area contributed by atoms with E-state index in [-0.39, 0.29) is 30.5 Å². The Hall–Kier alpha value is -2.97. The monoisotopic (exact) mass is 497 g/mol. The summed E-state index contributed by atoms with van der Waals surface area (Å²) in [6.07, 6.45) is 0.207. The molecule has 2 aromatic carbocycles. The number of amidine groups is 1. The van der Waals surface area contributed by atoms with Gasteiger partial charge in [-0.05, 0) is 36.8 Å². The summed E-state index contributed by atoms with van der Waals surface area (Å²) in [5.74, 6) is 0.0563. The summed E-state index contributed by atoms with van der Waals surface area (Å²) in [7, 11) is 0. The maximum Gasteiger partial charge on any atom is 0.310 e. The molecule has 1 aliphatic rings. The van der Waals surface area contributed by atoms with Crippen LogP contribution in [0.1, 0.15) is 17.5 Å². The van der Waals surface area contributed by atoms with Gasteiger partial charge in [0.05, 0.1) is 30.8 Å². The summed E-state index contributed by atoms with van der Waals surface area (Å²) >= 11 is 4.83. The van der Waals surface area contributed by atoms with Gasteiger partial charge in [-0.1, -0.05) is 40.2 Å². The van der Waals surface area contributed by atoms with Crippen molar-refractivity contribution in [3.63, 3.8) is 0 Å². The van der Waals surface area contributed by atoms with Crippen LogP contribution < -0.4 is 4.90 Å². The third kappa shape index (κ3) is 4.55. The van der Waals surface area contributed by atoms with Crippen LogP contribution in [-0.2, 0) is 16.0 Å². The van der Waals surface area contributed by atoms with Gasteiger partial charge in [0.2, 0.25) is 0 Å². The first kappa shape index (κ1) is 21.3.